The fourth-order valence-corrected chi connectivity index (χ4v) is 2.40. The van der Waals surface area contributed by atoms with Crippen LogP contribution in [0.2, 0.25) is 0 Å². The van der Waals surface area contributed by atoms with Gasteiger partial charge in [0.05, 0.1) is 0 Å². The highest BCUT2D eigenvalue weighted by Crippen LogP contribution is 2.34. The van der Waals surface area contributed by atoms with Crippen molar-refractivity contribution in [1.29, 1.82) is 0 Å². The van der Waals surface area contributed by atoms with Crippen LogP contribution in [0.4, 0.5) is 0 Å². The van der Waals surface area contributed by atoms with E-state index in [4.69, 9.17) is 11.5 Å². The van der Waals surface area contributed by atoms with Gasteiger partial charge in [0.15, 0.2) is 0 Å². The maximum atomic E-state index is 11.2. The summed E-state index contributed by atoms with van der Waals surface area (Å²) in [5, 5.41) is 11.2. The van der Waals surface area contributed by atoms with E-state index in [1.165, 1.54) is 0 Å². The van der Waals surface area contributed by atoms with E-state index >= 15 is 0 Å². The van der Waals surface area contributed by atoms with Crippen molar-refractivity contribution in [3.8, 4) is 0 Å². The minimum absolute atomic E-state index is 0.0889. The van der Waals surface area contributed by atoms with E-state index in [9.17, 15) is 5.11 Å². The van der Waals surface area contributed by atoms with Gasteiger partial charge in [0, 0.05) is 12.6 Å². The molecule has 20 heavy (non-hydrogen) atoms. The van der Waals surface area contributed by atoms with Gasteiger partial charge in [-0.05, 0) is 24.0 Å². The summed E-state index contributed by atoms with van der Waals surface area (Å²) in [5.74, 6) is 0. The SMILES string of the molecule is NCC(N)CCC(O)(c1ccccc1)c1ccccc1. The summed E-state index contributed by atoms with van der Waals surface area (Å²) in [7, 11) is 0. The number of hydrogen-bond acceptors (Lipinski definition) is 3. The van der Waals surface area contributed by atoms with E-state index in [0.29, 0.717) is 19.4 Å². The molecule has 3 nitrogen and oxygen atoms in total. The summed E-state index contributed by atoms with van der Waals surface area (Å²) in [6, 6.07) is 19.3. The highest BCUT2D eigenvalue weighted by atomic mass is 16.3. The Balaban J connectivity index is 2.33. The fourth-order valence-electron chi connectivity index (χ4n) is 2.40. The molecule has 0 amide bonds. The summed E-state index contributed by atoms with van der Waals surface area (Å²) in [4.78, 5) is 0. The first-order valence-corrected chi connectivity index (χ1v) is 6.96. The van der Waals surface area contributed by atoms with E-state index in [0.717, 1.165) is 11.1 Å². The van der Waals surface area contributed by atoms with E-state index in [1.807, 2.05) is 60.7 Å². The molecule has 0 radical (unpaired) electrons. The smallest absolute Gasteiger partial charge is 0.115 e. The van der Waals surface area contributed by atoms with Crippen molar-refractivity contribution in [2.24, 2.45) is 11.5 Å². The van der Waals surface area contributed by atoms with Gasteiger partial charge < -0.3 is 16.6 Å². The molecule has 0 bridgehead atoms. The number of nitrogens with two attached hydrogens (primary N) is 2. The van der Waals surface area contributed by atoms with Gasteiger partial charge in [-0.1, -0.05) is 60.7 Å². The highest BCUT2D eigenvalue weighted by molar-refractivity contribution is 5.35. The number of aliphatic hydroxyl groups is 1. The van der Waals surface area contributed by atoms with E-state index in [2.05, 4.69) is 0 Å². The quantitative estimate of drug-likeness (QED) is 0.751. The summed E-state index contributed by atoms with van der Waals surface area (Å²) in [6.07, 6.45) is 1.23. The van der Waals surface area contributed by atoms with Crippen LogP contribution < -0.4 is 11.5 Å². The maximum absolute atomic E-state index is 11.2. The van der Waals surface area contributed by atoms with Crippen molar-refractivity contribution in [3.63, 3.8) is 0 Å². The topological polar surface area (TPSA) is 72.3 Å². The third-order valence-corrected chi connectivity index (χ3v) is 3.68. The van der Waals surface area contributed by atoms with E-state index in [-0.39, 0.29) is 6.04 Å². The molecule has 0 aliphatic carbocycles. The predicted octanol–water partition coefficient (Wildman–Crippen LogP) is 1.99. The third kappa shape index (κ3) is 3.25. The van der Waals surface area contributed by atoms with Crippen LogP contribution >= 0.6 is 0 Å². The van der Waals surface area contributed by atoms with Crippen molar-refractivity contribution in [3.05, 3.63) is 71.8 Å². The molecule has 0 aromatic heterocycles. The Morgan fingerprint density at radius 1 is 0.900 bits per heavy atom. The van der Waals surface area contributed by atoms with Crippen molar-refractivity contribution in [2.75, 3.05) is 6.54 Å². The van der Waals surface area contributed by atoms with Crippen LogP contribution in [0.15, 0.2) is 60.7 Å². The Morgan fingerprint density at radius 2 is 1.35 bits per heavy atom. The molecule has 0 saturated heterocycles. The average Bonchev–Trinajstić information content (AvgIpc) is 2.54. The fraction of sp³-hybridized carbons (Fsp3) is 0.294. The summed E-state index contributed by atoms with van der Waals surface area (Å²) < 4.78 is 0. The molecular formula is C17H22N2O. The zero-order valence-electron chi connectivity index (χ0n) is 11.6. The van der Waals surface area contributed by atoms with Crippen LogP contribution in [0.3, 0.4) is 0 Å². The van der Waals surface area contributed by atoms with Crippen LogP contribution in [0, 0.1) is 0 Å². The number of benzene rings is 2. The minimum atomic E-state index is -1.02. The Morgan fingerprint density at radius 3 is 1.75 bits per heavy atom. The average molecular weight is 270 g/mol. The van der Waals surface area contributed by atoms with Crippen LogP contribution in [0.1, 0.15) is 24.0 Å². The molecule has 2 aromatic rings. The van der Waals surface area contributed by atoms with E-state index in [1.54, 1.807) is 0 Å². The lowest BCUT2D eigenvalue weighted by Gasteiger charge is -2.30. The maximum Gasteiger partial charge on any atom is 0.115 e. The molecule has 0 fully saturated rings. The molecule has 0 aliphatic rings. The first-order chi connectivity index (χ1) is 9.66. The Kier molecular flexibility index (Phi) is 4.90. The first kappa shape index (κ1) is 14.7. The lowest BCUT2D eigenvalue weighted by Crippen LogP contribution is -2.34. The van der Waals surface area contributed by atoms with Gasteiger partial charge in [-0.15, -0.1) is 0 Å². The van der Waals surface area contributed by atoms with Crippen molar-refractivity contribution in [2.45, 2.75) is 24.5 Å². The largest absolute Gasteiger partial charge is 0.380 e. The molecule has 5 N–H and O–H groups in total. The lowest BCUT2D eigenvalue weighted by molar-refractivity contribution is 0.0668. The second kappa shape index (κ2) is 6.66. The summed E-state index contributed by atoms with van der Waals surface area (Å²) >= 11 is 0. The van der Waals surface area contributed by atoms with Crippen molar-refractivity contribution >= 4 is 0 Å². The molecule has 0 aliphatic heterocycles. The van der Waals surface area contributed by atoms with Crippen molar-refractivity contribution < 1.29 is 5.11 Å². The first-order valence-electron chi connectivity index (χ1n) is 6.96. The van der Waals surface area contributed by atoms with Gasteiger partial charge in [0.2, 0.25) is 0 Å². The molecule has 0 heterocycles. The molecule has 3 heteroatoms. The Bertz CT molecular complexity index is 474. The van der Waals surface area contributed by atoms with Crippen LogP contribution in [-0.4, -0.2) is 17.7 Å². The van der Waals surface area contributed by atoms with Gasteiger partial charge in [0.25, 0.3) is 0 Å². The monoisotopic (exact) mass is 270 g/mol. The van der Waals surface area contributed by atoms with Gasteiger partial charge >= 0.3 is 0 Å². The molecule has 0 saturated carbocycles. The van der Waals surface area contributed by atoms with Crippen molar-refractivity contribution in [1.82, 2.24) is 0 Å². The predicted molar refractivity (Wildman–Crippen MR) is 82.1 cm³/mol. The zero-order chi connectivity index (χ0) is 14.4. The molecule has 2 rings (SSSR count). The van der Waals surface area contributed by atoms with Gasteiger partial charge in [-0.25, -0.2) is 0 Å². The molecule has 106 valence electrons. The molecular weight excluding hydrogens is 248 g/mol. The van der Waals surface area contributed by atoms with Gasteiger partial charge in [-0.3, -0.25) is 0 Å². The second-order valence-electron chi connectivity index (χ2n) is 5.13. The number of hydrogen-bond donors (Lipinski definition) is 3. The summed E-state index contributed by atoms with van der Waals surface area (Å²) in [5.41, 5.74) is 12.2. The second-order valence-corrected chi connectivity index (χ2v) is 5.13. The molecule has 1 unspecified atom stereocenters. The zero-order valence-corrected chi connectivity index (χ0v) is 11.6. The molecule has 1 atom stereocenters. The Hall–Kier alpha value is -1.68. The standard InChI is InChI=1S/C17H22N2O/c18-13-16(19)11-12-17(20,14-7-3-1-4-8-14)15-9-5-2-6-10-15/h1-10,16,20H,11-13,18-19H2. The van der Waals surface area contributed by atoms with Gasteiger partial charge in [0.1, 0.15) is 5.60 Å². The lowest BCUT2D eigenvalue weighted by atomic mass is 9.82. The van der Waals surface area contributed by atoms with Crippen LogP contribution in [0.25, 0.3) is 0 Å². The third-order valence-electron chi connectivity index (χ3n) is 3.68. The summed E-state index contributed by atoms with van der Waals surface area (Å²) in [6.45, 7) is 0.430. The van der Waals surface area contributed by atoms with Gasteiger partial charge in [-0.2, -0.15) is 0 Å². The van der Waals surface area contributed by atoms with Crippen LogP contribution in [-0.2, 0) is 5.60 Å². The van der Waals surface area contributed by atoms with E-state index < -0.39 is 5.60 Å². The van der Waals surface area contributed by atoms with Crippen LogP contribution in [0.5, 0.6) is 0 Å². The Labute approximate surface area is 120 Å². The molecule has 0 spiro atoms. The molecule has 2 aromatic carbocycles. The highest BCUT2D eigenvalue weighted by Gasteiger charge is 2.31. The number of rotatable bonds is 6. The normalized spacial score (nSPS) is 13.2. The minimum Gasteiger partial charge on any atom is -0.380 e.